The Kier molecular flexibility index (Phi) is 4.64. The van der Waals surface area contributed by atoms with Crippen LogP contribution in [0.15, 0.2) is 42.5 Å². The van der Waals surface area contributed by atoms with E-state index in [2.05, 4.69) is 0 Å². The van der Waals surface area contributed by atoms with E-state index < -0.39 is 6.10 Å². The van der Waals surface area contributed by atoms with Gasteiger partial charge < -0.3 is 14.6 Å². The standard InChI is InChI=1S/C17H20O3/c1-4-14(18)13-7-5-6-8-15(13)20-16-10-9-12(2)11-17(16)19-3/h5-11,14,18H,4H2,1-3H3/t14-/m1/s1. The summed E-state index contributed by atoms with van der Waals surface area (Å²) in [6.07, 6.45) is 0.119. The molecule has 0 aliphatic rings. The first-order valence-corrected chi connectivity index (χ1v) is 6.75. The molecular formula is C17H20O3. The van der Waals surface area contributed by atoms with Crippen molar-refractivity contribution in [2.24, 2.45) is 0 Å². The number of methoxy groups -OCH3 is 1. The smallest absolute Gasteiger partial charge is 0.169 e. The topological polar surface area (TPSA) is 38.7 Å². The van der Waals surface area contributed by atoms with Gasteiger partial charge in [0.05, 0.1) is 13.2 Å². The van der Waals surface area contributed by atoms with Crippen LogP contribution in [0, 0.1) is 6.92 Å². The van der Waals surface area contributed by atoms with E-state index in [-0.39, 0.29) is 0 Å². The molecule has 0 saturated heterocycles. The van der Waals surface area contributed by atoms with E-state index >= 15 is 0 Å². The number of ether oxygens (including phenoxy) is 2. The van der Waals surface area contributed by atoms with Crippen LogP contribution in [-0.2, 0) is 0 Å². The Labute approximate surface area is 119 Å². The highest BCUT2D eigenvalue weighted by Gasteiger charge is 2.13. The molecular weight excluding hydrogens is 252 g/mol. The number of aryl methyl sites for hydroxylation is 1. The maximum atomic E-state index is 10.0. The first-order chi connectivity index (χ1) is 9.65. The van der Waals surface area contributed by atoms with E-state index in [0.29, 0.717) is 23.7 Å². The molecule has 0 aliphatic carbocycles. The average Bonchev–Trinajstić information content (AvgIpc) is 2.48. The number of rotatable bonds is 5. The first kappa shape index (κ1) is 14.4. The summed E-state index contributed by atoms with van der Waals surface area (Å²) in [5.41, 5.74) is 1.90. The van der Waals surface area contributed by atoms with Gasteiger partial charge in [0.2, 0.25) is 0 Å². The summed E-state index contributed by atoms with van der Waals surface area (Å²) < 4.78 is 11.3. The Morgan fingerprint density at radius 2 is 1.80 bits per heavy atom. The normalized spacial score (nSPS) is 12.0. The van der Waals surface area contributed by atoms with Gasteiger partial charge in [-0.15, -0.1) is 0 Å². The van der Waals surface area contributed by atoms with E-state index in [1.54, 1.807) is 7.11 Å². The maximum Gasteiger partial charge on any atom is 0.169 e. The molecule has 0 bridgehead atoms. The molecule has 20 heavy (non-hydrogen) atoms. The predicted octanol–water partition coefficient (Wildman–Crippen LogP) is 4.24. The molecule has 2 aromatic carbocycles. The molecule has 0 spiro atoms. The molecule has 0 aliphatic heterocycles. The van der Waals surface area contributed by atoms with Crippen molar-refractivity contribution in [1.29, 1.82) is 0 Å². The molecule has 1 atom stereocenters. The summed E-state index contributed by atoms with van der Waals surface area (Å²) in [6.45, 7) is 3.94. The molecule has 0 radical (unpaired) electrons. The Hall–Kier alpha value is -2.00. The summed E-state index contributed by atoms with van der Waals surface area (Å²) in [5.74, 6) is 1.99. The summed E-state index contributed by atoms with van der Waals surface area (Å²) in [7, 11) is 1.62. The number of para-hydroxylation sites is 1. The molecule has 106 valence electrons. The zero-order chi connectivity index (χ0) is 14.5. The molecule has 0 amide bonds. The third kappa shape index (κ3) is 3.11. The minimum atomic E-state index is -0.525. The Morgan fingerprint density at radius 3 is 2.50 bits per heavy atom. The third-order valence-electron chi connectivity index (χ3n) is 3.20. The number of hydrogen-bond acceptors (Lipinski definition) is 3. The molecule has 2 aromatic rings. The van der Waals surface area contributed by atoms with Crippen molar-refractivity contribution in [3.8, 4) is 17.2 Å². The number of aliphatic hydroxyl groups excluding tert-OH is 1. The van der Waals surface area contributed by atoms with E-state index in [1.807, 2.05) is 56.3 Å². The second kappa shape index (κ2) is 6.44. The minimum Gasteiger partial charge on any atom is -0.493 e. The summed E-state index contributed by atoms with van der Waals surface area (Å²) in [5, 5.41) is 10.0. The summed E-state index contributed by atoms with van der Waals surface area (Å²) in [4.78, 5) is 0. The van der Waals surface area contributed by atoms with Gasteiger partial charge in [0, 0.05) is 5.56 Å². The molecule has 1 N–H and O–H groups in total. The highest BCUT2D eigenvalue weighted by atomic mass is 16.5. The van der Waals surface area contributed by atoms with Gasteiger partial charge in [-0.3, -0.25) is 0 Å². The fraction of sp³-hybridized carbons (Fsp3) is 0.294. The summed E-state index contributed by atoms with van der Waals surface area (Å²) >= 11 is 0. The van der Waals surface area contributed by atoms with Crippen LogP contribution >= 0.6 is 0 Å². The van der Waals surface area contributed by atoms with Crippen molar-refractivity contribution in [2.75, 3.05) is 7.11 Å². The largest absolute Gasteiger partial charge is 0.493 e. The van der Waals surface area contributed by atoms with E-state index in [0.717, 1.165) is 11.1 Å². The Balaban J connectivity index is 2.35. The predicted molar refractivity (Wildman–Crippen MR) is 79.5 cm³/mol. The van der Waals surface area contributed by atoms with Gasteiger partial charge in [0.1, 0.15) is 5.75 Å². The maximum absolute atomic E-state index is 10.0. The highest BCUT2D eigenvalue weighted by molar-refractivity contribution is 5.47. The molecule has 0 heterocycles. The molecule has 3 heteroatoms. The fourth-order valence-electron chi connectivity index (χ4n) is 2.05. The number of aliphatic hydroxyl groups is 1. The SMILES string of the molecule is CC[C@@H](O)c1ccccc1Oc1ccc(C)cc1OC. The lowest BCUT2D eigenvalue weighted by Crippen LogP contribution is -1.99. The second-order valence-corrected chi connectivity index (χ2v) is 4.72. The van der Waals surface area contributed by atoms with Crippen LogP contribution in [0.3, 0.4) is 0 Å². The van der Waals surface area contributed by atoms with Crippen molar-refractivity contribution in [2.45, 2.75) is 26.4 Å². The van der Waals surface area contributed by atoms with Gasteiger partial charge in [0.15, 0.2) is 11.5 Å². The zero-order valence-electron chi connectivity index (χ0n) is 12.1. The van der Waals surface area contributed by atoms with Crippen molar-refractivity contribution < 1.29 is 14.6 Å². The Bertz CT molecular complexity index is 578. The van der Waals surface area contributed by atoms with Gasteiger partial charge in [-0.25, -0.2) is 0 Å². The lowest BCUT2D eigenvalue weighted by atomic mass is 10.1. The van der Waals surface area contributed by atoms with Crippen LogP contribution in [0.5, 0.6) is 17.2 Å². The average molecular weight is 272 g/mol. The fourth-order valence-corrected chi connectivity index (χ4v) is 2.05. The molecule has 0 unspecified atom stereocenters. The number of hydrogen-bond donors (Lipinski definition) is 1. The van der Waals surface area contributed by atoms with Gasteiger partial charge >= 0.3 is 0 Å². The van der Waals surface area contributed by atoms with Crippen LogP contribution in [-0.4, -0.2) is 12.2 Å². The van der Waals surface area contributed by atoms with Crippen LogP contribution < -0.4 is 9.47 Å². The number of benzene rings is 2. The van der Waals surface area contributed by atoms with Crippen molar-refractivity contribution in [3.63, 3.8) is 0 Å². The zero-order valence-corrected chi connectivity index (χ0v) is 12.1. The Morgan fingerprint density at radius 1 is 1.05 bits per heavy atom. The highest BCUT2D eigenvalue weighted by Crippen LogP contribution is 2.35. The van der Waals surface area contributed by atoms with Gasteiger partial charge in [-0.2, -0.15) is 0 Å². The monoisotopic (exact) mass is 272 g/mol. The van der Waals surface area contributed by atoms with E-state index in [9.17, 15) is 5.11 Å². The van der Waals surface area contributed by atoms with Gasteiger partial charge in [0.25, 0.3) is 0 Å². The van der Waals surface area contributed by atoms with Gasteiger partial charge in [-0.1, -0.05) is 31.2 Å². The molecule has 0 aromatic heterocycles. The van der Waals surface area contributed by atoms with Crippen molar-refractivity contribution >= 4 is 0 Å². The first-order valence-electron chi connectivity index (χ1n) is 6.75. The van der Waals surface area contributed by atoms with Crippen LogP contribution in [0.4, 0.5) is 0 Å². The summed E-state index contributed by atoms with van der Waals surface area (Å²) in [6, 6.07) is 13.3. The van der Waals surface area contributed by atoms with Gasteiger partial charge in [-0.05, 0) is 37.1 Å². The van der Waals surface area contributed by atoms with Crippen LogP contribution in [0.1, 0.15) is 30.6 Å². The van der Waals surface area contributed by atoms with Crippen molar-refractivity contribution in [3.05, 3.63) is 53.6 Å². The molecule has 3 nitrogen and oxygen atoms in total. The second-order valence-electron chi connectivity index (χ2n) is 4.72. The van der Waals surface area contributed by atoms with E-state index in [4.69, 9.17) is 9.47 Å². The minimum absolute atomic E-state index is 0.525. The van der Waals surface area contributed by atoms with Crippen molar-refractivity contribution in [1.82, 2.24) is 0 Å². The lowest BCUT2D eigenvalue weighted by Gasteiger charge is -2.16. The lowest BCUT2D eigenvalue weighted by molar-refractivity contribution is 0.170. The third-order valence-corrected chi connectivity index (χ3v) is 3.20. The van der Waals surface area contributed by atoms with Crippen LogP contribution in [0.25, 0.3) is 0 Å². The molecule has 0 saturated carbocycles. The quantitative estimate of drug-likeness (QED) is 0.884. The molecule has 2 rings (SSSR count). The van der Waals surface area contributed by atoms with Crippen LogP contribution in [0.2, 0.25) is 0 Å². The van der Waals surface area contributed by atoms with E-state index in [1.165, 1.54) is 0 Å². The molecule has 0 fully saturated rings.